The summed E-state index contributed by atoms with van der Waals surface area (Å²) in [6, 6.07) is 31.0. The average Bonchev–Trinajstić information content (AvgIpc) is 3.87. The number of anilines is 2. The Morgan fingerprint density at radius 2 is 1.08 bits per heavy atom. The van der Waals surface area contributed by atoms with Gasteiger partial charge in [-0.05, 0) is 117 Å². The fourth-order valence-electron chi connectivity index (χ4n) is 7.03. The van der Waals surface area contributed by atoms with E-state index in [9.17, 15) is 18.4 Å². The van der Waals surface area contributed by atoms with Crippen LogP contribution < -0.4 is 39.4 Å². The van der Waals surface area contributed by atoms with Crippen molar-refractivity contribution < 1.29 is 70.1 Å². The molecule has 2 saturated heterocycles. The van der Waals surface area contributed by atoms with E-state index in [-0.39, 0.29) is 41.7 Å². The number of H-pyrrole nitrogens is 2. The standard InChI is InChI=1S/C23H28N4O2.C16H21IN4O2.C6H6O2S.Cu.HI.Na/c1-23(2,3)29-22(28)27-14-12-26(13-15-27)20-11-7-10-18-21(20)19(25-24-18)16-17-8-5-4-6-9-17;1-16(2,3)23-15(22)21-9-7-20(8-10-21)12-6-4-5-11-13(12)14(17)19-18-11;7-9(8)6-4-2-1-3-5-6;;;/h4-11H,12-16H2,1-3H3,(H,24,25);4-6H,7-10H2,1-3H3,(H,18,19);1-5H,(H,7,8);;1H;/q;;;+1;;+1/p-2. The van der Waals surface area contributed by atoms with Crippen molar-refractivity contribution in [2.45, 2.75) is 64.1 Å². The molecule has 0 radical (unpaired) electrons. The molecular formula is C45H54CuI2N8NaO6S. The van der Waals surface area contributed by atoms with Gasteiger partial charge in [0, 0.05) is 86.1 Å². The summed E-state index contributed by atoms with van der Waals surface area (Å²) in [4.78, 5) is 33.1. The Kier molecular flexibility index (Phi) is 21.2. The van der Waals surface area contributed by atoms with E-state index in [1.165, 1.54) is 22.3 Å². The number of halogens is 2. The number of rotatable bonds is 5. The molecule has 2 aliphatic rings. The number of ether oxygens (including phenoxy) is 2. The van der Waals surface area contributed by atoms with Crippen LogP contribution in [0.5, 0.6) is 0 Å². The molecule has 0 saturated carbocycles. The van der Waals surface area contributed by atoms with Crippen molar-refractivity contribution in [1.29, 1.82) is 0 Å². The summed E-state index contributed by atoms with van der Waals surface area (Å²) in [5.41, 5.74) is 5.74. The van der Waals surface area contributed by atoms with E-state index in [1.807, 2.05) is 71.9 Å². The first-order chi connectivity index (χ1) is 30.1. The van der Waals surface area contributed by atoms with Crippen LogP contribution in [0.4, 0.5) is 21.0 Å². The van der Waals surface area contributed by atoms with Crippen LogP contribution in [-0.2, 0) is 39.7 Å². The molecule has 2 N–H and O–H groups in total. The summed E-state index contributed by atoms with van der Waals surface area (Å²) >= 11 is 6.07. The predicted octanol–water partition coefficient (Wildman–Crippen LogP) is 6.25. The Hall–Kier alpha value is -2.95. The molecule has 0 spiro atoms. The van der Waals surface area contributed by atoms with Gasteiger partial charge >= 0.3 is 74.9 Å². The number of aromatic amines is 2. The maximum absolute atomic E-state index is 12.4. The summed E-state index contributed by atoms with van der Waals surface area (Å²) < 4.78 is 32.4. The molecular weight excluding hydrogens is 1120 g/mol. The van der Waals surface area contributed by atoms with E-state index in [2.05, 4.69) is 102 Å². The molecule has 14 nitrogen and oxygen atoms in total. The second-order valence-corrected chi connectivity index (χ2v) is 18.7. The fourth-order valence-corrected chi connectivity index (χ4v) is 8.08. The molecule has 2 amide bonds. The topological polar surface area (TPSA) is 163 Å². The zero-order valence-corrected chi connectivity index (χ0v) is 45.3. The third-order valence-corrected chi connectivity index (χ3v) is 11.3. The van der Waals surface area contributed by atoms with Crippen LogP contribution in [0.15, 0.2) is 102 Å². The van der Waals surface area contributed by atoms with Gasteiger partial charge < -0.3 is 33.6 Å². The quantitative estimate of drug-likeness (QED) is 0.115. The number of carbonyl (C=O) groups is 2. The van der Waals surface area contributed by atoms with Crippen molar-refractivity contribution in [3.63, 3.8) is 0 Å². The van der Waals surface area contributed by atoms with Crippen LogP contribution in [0.25, 0.3) is 21.8 Å². The SMILES string of the molecule is CC(C)(C)OC(=O)N1CCN(c2cccc3n[nH]c(Cc4ccccc4)c23)CC1.CC(C)(C)OC(=O)N1CCN(c2cccc3n[nH]c(I)c23)CC1.O=S([O-])c1ccccc1.[Cu][I].[Na+]. The monoisotopic (exact) mass is 1170 g/mol. The van der Waals surface area contributed by atoms with Crippen molar-refractivity contribution in [3.05, 3.63) is 112 Å². The summed E-state index contributed by atoms with van der Waals surface area (Å²) in [6.07, 6.45) is 0.350. The fraction of sp³-hybridized carbons (Fsp3) is 0.378. The largest absolute Gasteiger partial charge is 1.00 e. The molecule has 2 aliphatic heterocycles. The van der Waals surface area contributed by atoms with E-state index in [0.717, 1.165) is 58.4 Å². The van der Waals surface area contributed by atoms with E-state index < -0.39 is 22.3 Å². The van der Waals surface area contributed by atoms with Gasteiger partial charge in [0.25, 0.3) is 0 Å². The third kappa shape index (κ3) is 15.6. The van der Waals surface area contributed by atoms with Gasteiger partial charge in [-0.3, -0.25) is 14.4 Å². The molecule has 2 aromatic heterocycles. The van der Waals surface area contributed by atoms with Crippen molar-refractivity contribution in [3.8, 4) is 0 Å². The zero-order chi connectivity index (χ0) is 45.7. The van der Waals surface area contributed by atoms with Crippen molar-refractivity contribution in [1.82, 2.24) is 30.2 Å². The Morgan fingerprint density at radius 3 is 1.52 bits per heavy atom. The second-order valence-electron chi connectivity index (χ2n) is 16.7. The van der Waals surface area contributed by atoms with E-state index in [0.29, 0.717) is 31.1 Å². The Balaban J connectivity index is 0.000000228. The van der Waals surface area contributed by atoms with Gasteiger partial charge in [0.1, 0.15) is 14.9 Å². The van der Waals surface area contributed by atoms with Crippen molar-refractivity contribution >= 4 is 99.4 Å². The average molecular weight is 1180 g/mol. The molecule has 64 heavy (non-hydrogen) atoms. The Morgan fingerprint density at radius 1 is 0.656 bits per heavy atom. The van der Waals surface area contributed by atoms with Gasteiger partial charge in [-0.1, -0.05) is 60.7 Å². The molecule has 1 atom stereocenters. The van der Waals surface area contributed by atoms with Crippen LogP contribution in [0.2, 0.25) is 0 Å². The van der Waals surface area contributed by atoms with Crippen molar-refractivity contribution in [2.24, 2.45) is 0 Å². The van der Waals surface area contributed by atoms with E-state index in [1.54, 1.807) is 60.5 Å². The number of carbonyl (C=O) groups excluding carboxylic acids is 2. The number of nitrogens with zero attached hydrogens (tertiary/aromatic N) is 6. The maximum atomic E-state index is 12.4. The van der Waals surface area contributed by atoms with Crippen LogP contribution in [-0.4, -0.2) is 115 Å². The maximum Gasteiger partial charge on any atom is 1.00 e. The van der Waals surface area contributed by atoms with Gasteiger partial charge in [-0.15, -0.1) is 0 Å². The minimum Gasteiger partial charge on any atom is 1.00 e. The molecule has 0 aliphatic carbocycles. The number of aromatic nitrogens is 4. The number of piperazine rings is 2. The van der Waals surface area contributed by atoms with Gasteiger partial charge in [0.15, 0.2) is 0 Å². The van der Waals surface area contributed by atoms with Crippen molar-refractivity contribution in [2.75, 3.05) is 62.2 Å². The summed E-state index contributed by atoms with van der Waals surface area (Å²) in [5.74, 6) is 0. The van der Waals surface area contributed by atoms with Crippen LogP contribution in [0, 0.1) is 3.70 Å². The summed E-state index contributed by atoms with van der Waals surface area (Å²) in [5, 5.41) is 17.4. The summed E-state index contributed by atoms with van der Waals surface area (Å²) in [7, 11) is 0. The van der Waals surface area contributed by atoms with E-state index in [4.69, 9.17) is 9.47 Å². The molecule has 8 rings (SSSR count). The molecule has 342 valence electrons. The minimum absolute atomic E-state index is 0. The molecule has 2 fully saturated rings. The zero-order valence-electron chi connectivity index (χ0n) is 37.2. The number of nitrogens with one attached hydrogen (secondary N) is 2. The van der Waals surface area contributed by atoms with Gasteiger partial charge in [0.2, 0.25) is 0 Å². The molecule has 6 aromatic rings. The van der Waals surface area contributed by atoms with Gasteiger partial charge in [-0.25, -0.2) is 9.59 Å². The van der Waals surface area contributed by atoms with Crippen LogP contribution in [0.3, 0.4) is 0 Å². The van der Waals surface area contributed by atoms with Crippen LogP contribution in [0.1, 0.15) is 52.8 Å². The summed E-state index contributed by atoms with van der Waals surface area (Å²) in [6.45, 7) is 17.1. The molecule has 0 bridgehead atoms. The Bertz CT molecular complexity index is 2420. The molecule has 4 aromatic carbocycles. The number of hydrogen-bond donors (Lipinski definition) is 2. The molecule has 4 heterocycles. The minimum atomic E-state index is -2.08. The normalized spacial score (nSPS) is 14.5. The third-order valence-electron chi connectivity index (χ3n) is 9.85. The van der Waals surface area contributed by atoms with Gasteiger partial charge in [0.05, 0.1) is 16.4 Å². The molecule has 19 heteroatoms. The molecule has 1 unspecified atom stereocenters. The number of hydrogen-bond acceptors (Lipinski definition) is 10. The van der Waals surface area contributed by atoms with Gasteiger partial charge in [-0.2, -0.15) is 10.2 Å². The Labute approximate surface area is 433 Å². The van der Waals surface area contributed by atoms with E-state index >= 15 is 0 Å². The predicted molar refractivity (Wildman–Crippen MR) is 262 cm³/mol. The number of benzene rings is 4. The smallest absolute Gasteiger partial charge is 1.00 e. The number of fused-ring (bicyclic) bond motifs is 2. The van der Waals surface area contributed by atoms with Crippen LogP contribution >= 0.6 is 42.9 Å². The number of amides is 2. The first-order valence-corrected chi connectivity index (χ1v) is 25.6. The second kappa shape index (κ2) is 25.3. The first kappa shape index (κ1) is 53.7. The first-order valence-electron chi connectivity index (χ1n) is 20.4.